The molecule has 0 spiro atoms. The van der Waals surface area contributed by atoms with Crippen LogP contribution in [0.3, 0.4) is 0 Å². The Kier molecular flexibility index (Phi) is 4.00. The third kappa shape index (κ3) is 2.84. The Morgan fingerprint density at radius 3 is 2.75 bits per heavy atom. The van der Waals surface area contributed by atoms with Crippen LogP contribution in [0, 0.1) is 0 Å². The molecule has 1 fully saturated rings. The summed E-state index contributed by atoms with van der Waals surface area (Å²) in [4.78, 5) is 1.02. The second-order valence-corrected chi connectivity index (χ2v) is 5.91. The minimum absolute atomic E-state index is 0.200. The number of hydrogen-bond donors (Lipinski definition) is 2. The van der Waals surface area contributed by atoms with Gasteiger partial charge in [-0.25, -0.2) is 0 Å². The minimum atomic E-state index is -0.200. The number of rotatable bonds is 2. The lowest BCUT2D eigenvalue weighted by Crippen LogP contribution is -2.26. The Labute approximate surface area is 105 Å². The number of aliphatic hydroxyl groups is 1. The lowest BCUT2D eigenvalue weighted by molar-refractivity contribution is 0.137. The number of hydrogen-bond acceptors (Lipinski definition) is 3. The largest absolute Gasteiger partial charge is 0.398 e. The summed E-state index contributed by atoms with van der Waals surface area (Å²) in [5.41, 5.74) is 6.60. The van der Waals surface area contributed by atoms with Crippen molar-refractivity contribution in [3.8, 4) is 0 Å². The van der Waals surface area contributed by atoms with Crippen molar-refractivity contribution < 1.29 is 5.11 Å². The van der Waals surface area contributed by atoms with Gasteiger partial charge in [-0.05, 0) is 31.0 Å². The summed E-state index contributed by atoms with van der Waals surface area (Å²) in [5.74, 6) is 0. The van der Waals surface area contributed by atoms with E-state index in [1.165, 1.54) is 6.42 Å². The molecule has 1 saturated carbocycles. The average Bonchev–Trinajstić information content (AvgIpc) is 2.25. The van der Waals surface area contributed by atoms with E-state index in [0.717, 1.165) is 24.2 Å². The van der Waals surface area contributed by atoms with Crippen molar-refractivity contribution in [2.75, 3.05) is 5.73 Å². The van der Waals surface area contributed by atoms with Crippen LogP contribution in [0.15, 0.2) is 23.1 Å². The lowest BCUT2D eigenvalue weighted by Gasteiger charge is -2.27. The Hall–Kier alpha value is -0.380. The second kappa shape index (κ2) is 5.30. The topological polar surface area (TPSA) is 46.2 Å². The monoisotopic (exact) mass is 257 g/mol. The highest BCUT2D eigenvalue weighted by Gasteiger charge is 2.24. The molecule has 0 amide bonds. The summed E-state index contributed by atoms with van der Waals surface area (Å²) in [7, 11) is 0. The first-order chi connectivity index (χ1) is 7.66. The van der Waals surface area contributed by atoms with Crippen LogP contribution < -0.4 is 5.73 Å². The van der Waals surface area contributed by atoms with Crippen molar-refractivity contribution in [2.45, 2.75) is 41.9 Å². The maximum atomic E-state index is 9.89. The molecule has 0 saturated heterocycles. The molecule has 0 radical (unpaired) electrons. The van der Waals surface area contributed by atoms with Crippen molar-refractivity contribution in [3.63, 3.8) is 0 Å². The molecule has 1 aliphatic rings. The summed E-state index contributed by atoms with van der Waals surface area (Å²) >= 11 is 7.52. The van der Waals surface area contributed by atoms with Gasteiger partial charge in [-0.15, -0.1) is 11.8 Å². The molecular formula is C12H16ClNOS. The molecule has 2 rings (SSSR count). The molecule has 0 heterocycles. The quantitative estimate of drug-likeness (QED) is 0.799. The van der Waals surface area contributed by atoms with Gasteiger partial charge in [0.2, 0.25) is 0 Å². The zero-order valence-corrected chi connectivity index (χ0v) is 10.6. The summed E-state index contributed by atoms with van der Waals surface area (Å²) in [6.45, 7) is 0. The van der Waals surface area contributed by atoms with Crippen LogP contribution in [0.25, 0.3) is 0 Å². The van der Waals surface area contributed by atoms with E-state index >= 15 is 0 Å². The molecule has 1 aliphatic carbocycles. The number of anilines is 1. The minimum Gasteiger partial charge on any atom is -0.398 e. The van der Waals surface area contributed by atoms with Crippen LogP contribution in [-0.4, -0.2) is 16.5 Å². The molecule has 1 aromatic rings. The zero-order chi connectivity index (χ0) is 11.5. The number of nitrogens with two attached hydrogens (primary N) is 1. The Morgan fingerprint density at radius 1 is 1.31 bits per heavy atom. The van der Waals surface area contributed by atoms with Crippen LogP contribution in [-0.2, 0) is 0 Å². The molecule has 1 aromatic carbocycles. The molecule has 0 bridgehead atoms. The predicted molar refractivity (Wildman–Crippen MR) is 70.0 cm³/mol. The Bertz CT molecular complexity index is 372. The van der Waals surface area contributed by atoms with Crippen LogP contribution in [0.5, 0.6) is 0 Å². The normalized spacial score (nSPS) is 25.6. The predicted octanol–water partition coefficient (Wildman–Crippen LogP) is 3.32. The molecule has 0 aliphatic heterocycles. The lowest BCUT2D eigenvalue weighted by atomic mass is 9.97. The molecule has 0 aromatic heterocycles. The zero-order valence-electron chi connectivity index (χ0n) is 9.03. The van der Waals surface area contributed by atoms with Gasteiger partial charge >= 0.3 is 0 Å². The van der Waals surface area contributed by atoms with E-state index < -0.39 is 0 Å². The first-order valence-corrected chi connectivity index (χ1v) is 6.82. The maximum Gasteiger partial charge on any atom is 0.0662 e. The first-order valence-electron chi connectivity index (χ1n) is 5.56. The molecular weight excluding hydrogens is 242 g/mol. The van der Waals surface area contributed by atoms with Gasteiger partial charge in [-0.2, -0.15) is 0 Å². The van der Waals surface area contributed by atoms with Crippen molar-refractivity contribution >= 4 is 29.1 Å². The van der Waals surface area contributed by atoms with Gasteiger partial charge in [0.25, 0.3) is 0 Å². The van der Waals surface area contributed by atoms with E-state index in [0.29, 0.717) is 10.7 Å². The second-order valence-electron chi connectivity index (χ2n) is 4.19. The highest BCUT2D eigenvalue weighted by Crippen LogP contribution is 2.37. The smallest absolute Gasteiger partial charge is 0.0662 e. The van der Waals surface area contributed by atoms with Gasteiger partial charge in [0.15, 0.2) is 0 Å². The molecule has 4 heteroatoms. The van der Waals surface area contributed by atoms with E-state index in [1.807, 2.05) is 12.1 Å². The fourth-order valence-electron chi connectivity index (χ4n) is 2.00. The first kappa shape index (κ1) is 12.1. The van der Waals surface area contributed by atoms with E-state index in [9.17, 15) is 5.11 Å². The number of nitrogen functional groups attached to an aromatic ring is 1. The summed E-state index contributed by atoms with van der Waals surface area (Å²) in [6.07, 6.45) is 4.10. The molecule has 88 valence electrons. The summed E-state index contributed by atoms with van der Waals surface area (Å²) in [5, 5.41) is 10.8. The standard InChI is InChI=1S/C12H16ClNOS/c13-8-5-6-11(9(14)7-8)16-12-4-2-1-3-10(12)15/h5-7,10,12,15H,1-4,14H2. The fourth-order valence-corrected chi connectivity index (χ4v) is 3.43. The van der Waals surface area contributed by atoms with E-state index in [2.05, 4.69) is 0 Å². The van der Waals surface area contributed by atoms with Crippen LogP contribution in [0.4, 0.5) is 5.69 Å². The van der Waals surface area contributed by atoms with Crippen LogP contribution in [0.2, 0.25) is 5.02 Å². The van der Waals surface area contributed by atoms with Crippen molar-refractivity contribution in [1.82, 2.24) is 0 Å². The van der Waals surface area contributed by atoms with E-state index in [1.54, 1.807) is 17.8 Å². The fraction of sp³-hybridized carbons (Fsp3) is 0.500. The molecule has 2 unspecified atom stereocenters. The molecule has 2 atom stereocenters. The number of benzene rings is 1. The highest BCUT2D eigenvalue weighted by molar-refractivity contribution is 8.00. The van der Waals surface area contributed by atoms with E-state index in [4.69, 9.17) is 17.3 Å². The maximum absolute atomic E-state index is 9.89. The Morgan fingerprint density at radius 2 is 2.06 bits per heavy atom. The summed E-state index contributed by atoms with van der Waals surface area (Å²) < 4.78 is 0. The van der Waals surface area contributed by atoms with Crippen LogP contribution in [0.1, 0.15) is 25.7 Å². The number of aliphatic hydroxyl groups excluding tert-OH is 1. The van der Waals surface area contributed by atoms with E-state index in [-0.39, 0.29) is 11.4 Å². The average molecular weight is 258 g/mol. The van der Waals surface area contributed by atoms with Gasteiger partial charge in [0.05, 0.1) is 6.10 Å². The van der Waals surface area contributed by atoms with Crippen LogP contribution >= 0.6 is 23.4 Å². The molecule has 3 N–H and O–H groups in total. The molecule has 2 nitrogen and oxygen atoms in total. The third-order valence-electron chi connectivity index (χ3n) is 2.92. The van der Waals surface area contributed by atoms with Gasteiger partial charge in [0.1, 0.15) is 0 Å². The number of thioether (sulfide) groups is 1. The SMILES string of the molecule is Nc1cc(Cl)ccc1SC1CCCCC1O. The van der Waals surface area contributed by atoms with Gasteiger partial charge in [0, 0.05) is 20.9 Å². The highest BCUT2D eigenvalue weighted by atomic mass is 35.5. The van der Waals surface area contributed by atoms with Crippen molar-refractivity contribution in [1.29, 1.82) is 0 Å². The summed E-state index contributed by atoms with van der Waals surface area (Å²) in [6, 6.07) is 5.54. The van der Waals surface area contributed by atoms with Crippen molar-refractivity contribution in [2.24, 2.45) is 0 Å². The number of halogens is 1. The molecule has 16 heavy (non-hydrogen) atoms. The van der Waals surface area contributed by atoms with Gasteiger partial charge < -0.3 is 10.8 Å². The Balaban J connectivity index is 2.07. The third-order valence-corrected chi connectivity index (χ3v) is 4.63. The van der Waals surface area contributed by atoms with Gasteiger partial charge in [-0.1, -0.05) is 24.4 Å². The van der Waals surface area contributed by atoms with Crippen molar-refractivity contribution in [3.05, 3.63) is 23.2 Å². The van der Waals surface area contributed by atoms with Gasteiger partial charge in [-0.3, -0.25) is 0 Å².